The van der Waals surface area contributed by atoms with E-state index in [0.29, 0.717) is 13.0 Å². The number of rotatable bonds is 2. The van der Waals surface area contributed by atoms with E-state index in [1.165, 1.54) is 0 Å². The third kappa shape index (κ3) is 2.08. The van der Waals surface area contributed by atoms with Gasteiger partial charge in [0.05, 0.1) is 0 Å². The SMILES string of the molecule is C#CC1CC(=O)N(c2ccc(-n3ccnc3C)cc2)C1. The summed E-state index contributed by atoms with van der Waals surface area (Å²) in [5.74, 6) is 3.72. The number of imidazole rings is 1. The zero-order valence-corrected chi connectivity index (χ0v) is 11.3. The molecule has 1 aliphatic heterocycles. The maximum atomic E-state index is 11.9. The van der Waals surface area contributed by atoms with Crippen molar-refractivity contribution >= 4 is 11.6 Å². The topological polar surface area (TPSA) is 38.1 Å². The van der Waals surface area contributed by atoms with E-state index in [2.05, 4.69) is 10.9 Å². The Bertz CT molecular complexity index is 678. The molecule has 1 aromatic carbocycles. The highest BCUT2D eigenvalue weighted by Crippen LogP contribution is 2.25. The fourth-order valence-electron chi connectivity index (χ4n) is 2.51. The van der Waals surface area contributed by atoms with Crippen LogP contribution in [0.3, 0.4) is 0 Å². The van der Waals surface area contributed by atoms with Crippen LogP contribution < -0.4 is 4.90 Å². The summed E-state index contributed by atoms with van der Waals surface area (Å²) in [4.78, 5) is 17.9. The predicted octanol–water partition coefficient (Wildman–Crippen LogP) is 2.17. The molecule has 4 nitrogen and oxygen atoms in total. The van der Waals surface area contributed by atoms with Gasteiger partial charge in [-0.05, 0) is 31.2 Å². The molecule has 0 spiro atoms. The zero-order chi connectivity index (χ0) is 14.1. The molecule has 1 aliphatic rings. The lowest BCUT2D eigenvalue weighted by Crippen LogP contribution is -2.24. The molecule has 2 heterocycles. The van der Waals surface area contributed by atoms with Gasteiger partial charge in [0, 0.05) is 42.7 Å². The van der Waals surface area contributed by atoms with E-state index >= 15 is 0 Å². The van der Waals surface area contributed by atoms with Gasteiger partial charge >= 0.3 is 0 Å². The van der Waals surface area contributed by atoms with Crippen LogP contribution in [0.25, 0.3) is 5.69 Å². The van der Waals surface area contributed by atoms with Gasteiger partial charge in [-0.3, -0.25) is 4.79 Å². The monoisotopic (exact) mass is 265 g/mol. The molecule has 0 radical (unpaired) electrons. The van der Waals surface area contributed by atoms with Gasteiger partial charge in [0.1, 0.15) is 5.82 Å². The van der Waals surface area contributed by atoms with Gasteiger partial charge < -0.3 is 9.47 Å². The Balaban J connectivity index is 1.86. The molecule has 1 aromatic heterocycles. The fourth-order valence-corrected chi connectivity index (χ4v) is 2.51. The molecule has 0 saturated carbocycles. The summed E-state index contributed by atoms with van der Waals surface area (Å²) in [6, 6.07) is 7.87. The zero-order valence-electron chi connectivity index (χ0n) is 11.3. The van der Waals surface area contributed by atoms with Crippen molar-refractivity contribution in [2.45, 2.75) is 13.3 Å². The van der Waals surface area contributed by atoms with Crippen molar-refractivity contribution < 1.29 is 4.79 Å². The van der Waals surface area contributed by atoms with Crippen LogP contribution in [0.2, 0.25) is 0 Å². The Kier molecular flexibility index (Phi) is 3.03. The Hall–Kier alpha value is -2.54. The van der Waals surface area contributed by atoms with Gasteiger partial charge in [-0.15, -0.1) is 12.3 Å². The highest BCUT2D eigenvalue weighted by atomic mass is 16.2. The van der Waals surface area contributed by atoms with Crippen molar-refractivity contribution in [2.75, 3.05) is 11.4 Å². The lowest BCUT2D eigenvalue weighted by molar-refractivity contribution is -0.117. The molecule has 4 heteroatoms. The van der Waals surface area contributed by atoms with Gasteiger partial charge in [0.15, 0.2) is 0 Å². The third-order valence-corrected chi connectivity index (χ3v) is 3.63. The van der Waals surface area contributed by atoms with Gasteiger partial charge in [-0.1, -0.05) is 0 Å². The van der Waals surface area contributed by atoms with Crippen LogP contribution in [-0.4, -0.2) is 22.0 Å². The summed E-state index contributed by atoms with van der Waals surface area (Å²) >= 11 is 0. The predicted molar refractivity (Wildman–Crippen MR) is 77.6 cm³/mol. The highest BCUT2D eigenvalue weighted by Gasteiger charge is 2.29. The van der Waals surface area contributed by atoms with Crippen molar-refractivity contribution in [3.63, 3.8) is 0 Å². The Morgan fingerprint density at radius 2 is 2.00 bits per heavy atom. The number of hydrogen-bond donors (Lipinski definition) is 0. The molecule has 1 unspecified atom stereocenters. The number of aromatic nitrogens is 2. The smallest absolute Gasteiger partial charge is 0.228 e. The molecule has 0 bridgehead atoms. The average Bonchev–Trinajstić information content (AvgIpc) is 3.05. The first-order chi connectivity index (χ1) is 9.69. The van der Waals surface area contributed by atoms with E-state index in [-0.39, 0.29) is 11.8 Å². The summed E-state index contributed by atoms with van der Waals surface area (Å²) in [6.45, 7) is 2.56. The molecule has 0 aliphatic carbocycles. The molecule has 1 saturated heterocycles. The number of hydrogen-bond acceptors (Lipinski definition) is 2. The van der Waals surface area contributed by atoms with Crippen LogP contribution in [0.4, 0.5) is 5.69 Å². The lowest BCUT2D eigenvalue weighted by Gasteiger charge is -2.16. The number of amides is 1. The molecule has 1 atom stereocenters. The van der Waals surface area contributed by atoms with E-state index in [9.17, 15) is 4.79 Å². The molecule has 100 valence electrons. The molecule has 1 fully saturated rings. The second kappa shape index (κ2) is 4.86. The number of carbonyl (C=O) groups is 1. The molecule has 3 rings (SSSR count). The number of aryl methyl sites for hydroxylation is 1. The highest BCUT2D eigenvalue weighted by molar-refractivity contribution is 5.96. The number of benzene rings is 1. The van der Waals surface area contributed by atoms with E-state index in [4.69, 9.17) is 6.42 Å². The maximum Gasteiger partial charge on any atom is 0.228 e. The van der Waals surface area contributed by atoms with Crippen LogP contribution >= 0.6 is 0 Å². The Morgan fingerprint density at radius 3 is 2.55 bits per heavy atom. The first-order valence-electron chi connectivity index (χ1n) is 6.56. The van der Waals surface area contributed by atoms with Gasteiger partial charge in [-0.2, -0.15) is 0 Å². The first-order valence-corrected chi connectivity index (χ1v) is 6.56. The molecular formula is C16H15N3O. The average molecular weight is 265 g/mol. The molecule has 2 aromatic rings. The van der Waals surface area contributed by atoms with Gasteiger partial charge in [0.2, 0.25) is 5.91 Å². The van der Waals surface area contributed by atoms with Crippen LogP contribution in [0, 0.1) is 25.2 Å². The van der Waals surface area contributed by atoms with Crippen molar-refractivity contribution in [1.29, 1.82) is 0 Å². The van der Waals surface area contributed by atoms with Crippen LogP contribution in [0.15, 0.2) is 36.7 Å². The molecule has 1 amide bonds. The minimum absolute atomic E-state index is 0.0260. The third-order valence-electron chi connectivity index (χ3n) is 3.63. The standard InChI is InChI=1S/C16H15N3O/c1-3-13-10-16(20)19(11-13)15-6-4-14(5-7-15)18-9-8-17-12(18)2/h1,4-9,13H,10-11H2,2H3. The minimum Gasteiger partial charge on any atom is -0.311 e. The lowest BCUT2D eigenvalue weighted by atomic mass is 10.1. The number of nitrogens with zero attached hydrogens (tertiary/aromatic N) is 3. The molecular weight excluding hydrogens is 250 g/mol. The number of anilines is 1. The summed E-state index contributed by atoms with van der Waals surface area (Å²) in [7, 11) is 0. The Morgan fingerprint density at radius 1 is 1.30 bits per heavy atom. The van der Waals surface area contributed by atoms with Crippen LogP contribution in [0.5, 0.6) is 0 Å². The quantitative estimate of drug-likeness (QED) is 0.780. The van der Waals surface area contributed by atoms with Crippen molar-refractivity contribution in [3.05, 3.63) is 42.5 Å². The summed E-state index contributed by atoms with van der Waals surface area (Å²) < 4.78 is 2.00. The van der Waals surface area contributed by atoms with E-state index in [1.54, 1.807) is 11.1 Å². The summed E-state index contributed by atoms with van der Waals surface area (Å²) in [5.41, 5.74) is 1.93. The minimum atomic E-state index is 0.0260. The number of terminal acetylenes is 1. The van der Waals surface area contributed by atoms with Gasteiger partial charge in [-0.25, -0.2) is 4.98 Å². The largest absolute Gasteiger partial charge is 0.311 e. The van der Waals surface area contributed by atoms with Crippen molar-refractivity contribution in [2.24, 2.45) is 5.92 Å². The molecule has 0 N–H and O–H groups in total. The second-order valence-corrected chi connectivity index (χ2v) is 4.93. The summed E-state index contributed by atoms with van der Waals surface area (Å²) in [5, 5.41) is 0. The first kappa shape index (κ1) is 12.5. The van der Waals surface area contributed by atoms with E-state index in [1.807, 2.05) is 42.0 Å². The Labute approximate surface area is 118 Å². The molecule has 20 heavy (non-hydrogen) atoms. The van der Waals surface area contributed by atoms with Crippen molar-refractivity contribution in [1.82, 2.24) is 9.55 Å². The summed E-state index contributed by atoms with van der Waals surface area (Å²) in [6.07, 6.45) is 9.53. The van der Waals surface area contributed by atoms with Crippen LogP contribution in [0.1, 0.15) is 12.2 Å². The van der Waals surface area contributed by atoms with Crippen LogP contribution in [-0.2, 0) is 4.79 Å². The number of carbonyl (C=O) groups excluding carboxylic acids is 1. The van der Waals surface area contributed by atoms with Gasteiger partial charge in [0.25, 0.3) is 0 Å². The van der Waals surface area contributed by atoms with Crippen molar-refractivity contribution in [3.8, 4) is 18.0 Å². The van der Waals surface area contributed by atoms with E-state index in [0.717, 1.165) is 17.2 Å². The second-order valence-electron chi connectivity index (χ2n) is 4.93. The normalized spacial score (nSPS) is 18.3. The maximum absolute atomic E-state index is 11.9. The van der Waals surface area contributed by atoms with E-state index < -0.39 is 0 Å². The fraction of sp³-hybridized carbons (Fsp3) is 0.250.